The van der Waals surface area contributed by atoms with Crippen LogP contribution in [0.1, 0.15) is 0 Å². The molecular formula is C40H24BrN3O. The molecule has 9 aromatic rings. The second-order valence-corrected chi connectivity index (χ2v) is 12.1. The molecule has 0 fully saturated rings. The third-order valence-electron chi connectivity index (χ3n) is 8.44. The van der Waals surface area contributed by atoms with Crippen LogP contribution in [0.4, 0.5) is 0 Å². The second kappa shape index (κ2) is 10.3. The molecule has 4 nitrogen and oxygen atoms in total. The van der Waals surface area contributed by atoms with Gasteiger partial charge in [-0.05, 0) is 71.8 Å². The maximum atomic E-state index is 6.43. The Labute approximate surface area is 267 Å². The lowest BCUT2D eigenvalue weighted by Gasteiger charge is -2.12. The molecule has 0 aliphatic heterocycles. The van der Waals surface area contributed by atoms with E-state index in [1.807, 2.05) is 42.5 Å². The predicted octanol–water partition coefficient (Wildman–Crippen LogP) is 11.2. The van der Waals surface area contributed by atoms with Crippen LogP contribution in [0, 0.1) is 0 Å². The van der Waals surface area contributed by atoms with E-state index in [0.717, 1.165) is 87.8 Å². The Morgan fingerprint density at radius 1 is 0.533 bits per heavy atom. The Balaban J connectivity index is 1.19. The fourth-order valence-corrected chi connectivity index (χ4v) is 6.88. The molecule has 0 N–H and O–H groups in total. The molecule has 0 saturated heterocycles. The van der Waals surface area contributed by atoms with Crippen molar-refractivity contribution < 1.29 is 4.42 Å². The number of imidazole rings is 1. The first-order valence-corrected chi connectivity index (χ1v) is 15.7. The molecule has 0 aliphatic carbocycles. The van der Waals surface area contributed by atoms with E-state index in [2.05, 4.69) is 124 Å². The molecule has 0 amide bonds. The summed E-state index contributed by atoms with van der Waals surface area (Å²) in [7, 11) is 0. The van der Waals surface area contributed by atoms with E-state index < -0.39 is 0 Å². The van der Waals surface area contributed by atoms with E-state index in [1.165, 1.54) is 0 Å². The molecular weight excluding hydrogens is 618 g/mol. The number of hydrogen-bond donors (Lipinski definition) is 0. The Morgan fingerprint density at radius 3 is 2.07 bits per heavy atom. The number of nitrogens with zero attached hydrogens (tertiary/aromatic N) is 3. The van der Waals surface area contributed by atoms with E-state index in [0.29, 0.717) is 0 Å². The van der Waals surface area contributed by atoms with E-state index >= 15 is 0 Å². The molecule has 5 heteroatoms. The minimum absolute atomic E-state index is 0.861. The SMILES string of the molecule is Brc1cc(-c2ccc(-n3c(-c4ccccc4)nc4ccccc43)cc2)cc(-c2nc3ccccc3c3oc4ccccc4c23)c1. The van der Waals surface area contributed by atoms with Gasteiger partial charge in [0.25, 0.3) is 0 Å². The fourth-order valence-electron chi connectivity index (χ4n) is 6.38. The highest BCUT2D eigenvalue weighted by molar-refractivity contribution is 9.10. The third-order valence-corrected chi connectivity index (χ3v) is 8.89. The van der Waals surface area contributed by atoms with Gasteiger partial charge in [-0.15, -0.1) is 0 Å². The molecule has 0 unspecified atom stereocenters. The van der Waals surface area contributed by atoms with Crippen LogP contribution in [0.3, 0.4) is 0 Å². The monoisotopic (exact) mass is 641 g/mol. The quantitative estimate of drug-likeness (QED) is 0.192. The first-order valence-electron chi connectivity index (χ1n) is 14.9. The van der Waals surface area contributed by atoms with Crippen LogP contribution in [-0.4, -0.2) is 14.5 Å². The van der Waals surface area contributed by atoms with Crippen molar-refractivity contribution in [1.82, 2.24) is 14.5 Å². The molecule has 212 valence electrons. The summed E-state index contributed by atoms with van der Waals surface area (Å²) in [6.07, 6.45) is 0. The Bertz CT molecular complexity index is 2550. The molecule has 3 heterocycles. The van der Waals surface area contributed by atoms with Gasteiger partial charge in [0.1, 0.15) is 17.0 Å². The van der Waals surface area contributed by atoms with Gasteiger partial charge in [0.2, 0.25) is 0 Å². The predicted molar refractivity (Wildman–Crippen MR) is 188 cm³/mol. The van der Waals surface area contributed by atoms with Gasteiger partial charge in [0, 0.05) is 32.1 Å². The summed E-state index contributed by atoms with van der Waals surface area (Å²) < 4.78 is 9.66. The average molecular weight is 643 g/mol. The molecule has 6 aromatic carbocycles. The minimum atomic E-state index is 0.861. The Hall–Kier alpha value is -5.52. The van der Waals surface area contributed by atoms with Crippen molar-refractivity contribution in [3.8, 4) is 39.5 Å². The van der Waals surface area contributed by atoms with Gasteiger partial charge in [-0.2, -0.15) is 0 Å². The van der Waals surface area contributed by atoms with Gasteiger partial charge in [0.15, 0.2) is 0 Å². The van der Waals surface area contributed by atoms with Gasteiger partial charge in [-0.1, -0.05) is 101 Å². The first kappa shape index (κ1) is 25.9. The number of halogens is 1. The maximum Gasteiger partial charge on any atom is 0.147 e. The number of para-hydroxylation sites is 4. The summed E-state index contributed by atoms with van der Waals surface area (Å²) in [5.41, 5.74) is 11.0. The van der Waals surface area contributed by atoms with Crippen LogP contribution >= 0.6 is 15.9 Å². The molecule has 0 spiro atoms. The normalized spacial score (nSPS) is 11.7. The number of hydrogen-bond acceptors (Lipinski definition) is 3. The third kappa shape index (κ3) is 4.27. The second-order valence-electron chi connectivity index (χ2n) is 11.2. The molecule has 0 atom stereocenters. The van der Waals surface area contributed by atoms with Crippen molar-refractivity contribution in [2.24, 2.45) is 0 Å². The highest BCUT2D eigenvalue weighted by Crippen LogP contribution is 2.41. The largest absolute Gasteiger partial charge is 0.455 e. The van der Waals surface area contributed by atoms with Crippen molar-refractivity contribution in [1.29, 1.82) is 0 Å². The van der Waals surface area contributed by atoms with Crippen LogP contribution < -0.4 is 0 Å². The van der Waals surface area contributed by atoms with E-state index in [1.54, 1.807) is 0 Å². The topological polar surface area (TPSA) is 43.9 Å². The average Bonchev–Trinajstić information content (AvgIpc) is 3.68. The highest BCUT2D eigenvalue weighted by Gasteiger charge is 2.19. The number of pyridine rings is 1. The van der Waals surface area contributed by atoms with Crippen molar-refractivity contribution in [3.05, 3.63) is 150 Å². The fraction of sp³-hybridized carbons (Fsp3) is 0. The maximum absolute atomic E-state index is 6.43. The number of furan rings is 1. The van der Waals surface area contributed by atoms with Crippen LogP contribution in [-0.2, 0) is 0 Å². The molecule has 45 heavy (non-hydrogen) atoms. The number of rotatable bonds is 4. The van der Waals surface area contributed by atoms with Gasteiger partial charge < -0.3 is 4.42 Å². The molecule has 0 saturated carbocycles. The summed E-state index contributed by atoms with van der Waals surface area (Å²) >= 11 is 3.81. The zero-order chi connectivity index (χ0) is 29.9. The Morgan fingerprint density at radius 2 is 1.22 bits per heavy atom. The highest BCUT2D eigenvalue weighted by atomic mass is 79.9. The van der Waals surface area contributed by atoms with Crippen LogP contribution in [0.15, 0.2) is 154 Å². The lowest BCUT2D eigenvalue weighted by Crippen LogP contribution is -1.97. The summed E-state index contributed by atoms with van der Waals surface area (Å²) in [5.74, 6) is 0.924. The molecule has 0 radical (unpaired) electrons. The number of fused-ring (bicyclic) bond motifs is 6. The van der Waals surface area contributed by atoms with E-state index in [-0.39, 0.29) is 0 Å². The van der Waals surface area contributed by atoms with E-state index in [9.17, 15) is 0 Å². The van der Waals surface area contributed by atoms with Crippen LogP contribution in [0.2, 0.25) is 0 Å². The summed E-state index contributed by atoms with van der Waals surface area (Å²) in [6.45, 7) is 0. The van der Waals surface area contributed by atoms with Crippen molar-refractivity contribution in [2.75, 3.05) is 0 Å². The van der Waals surface area contributed by atoms with Gasteiger partial charge in [0.05, 0.1) is 27.6 Å². The van der Waals surface area contributed by atoms with Crippen molar-refractivity contribution in [3.63, 3.8) is 0 Å². The molecule has 9 rings (SSSR count). The first-order chi connectivity index (χ1) is 22.2. The van der Waals surface area contributed by atoms with Gasteiger partial charge in [-0.25, -0.2) is 9.97 Å². The standard InChI is InChI=1S/C40H24BrN3O/c41-29-23-27(22-28(24-29)38-37-32-13-5-9-17-36(32)45-39(37)31-12-4-6-14-33(31)42-38)25-18-20-30(21-19-25)44-35-16-8-7-15-34(35)43-40(44)26-10-2-1-3-11-26/h1-24H. The van der Waals surface area contributed by atoms with Gasteiger partial charge >= 0.3 is 0 Å². The zero-order valence-corrected chi connectivity index (χ0v) is 25.6. The number of benzene rings is 6. The molecule has 0 bridgehead atoms. The molecule has 3 aromatic heterocycles. The summed E-state index contributed by atoms with van der Waals surface area (Å²) in [4.78, 5) is 10.2. The molecule has 0 aliphatic rings. The lowest BCUT2D eigenvalue weighted by atomic mass is 9.98. The van der Waals surface area contributed by atoms with E-state index in [4.69, 9.17) is 14.4 Å². The van der Waals surface area contributed by atoms with Crippen molar-refractivity contribution in [2.45, 2.75) is 0 Å². The minimum Gasteiger partial charge on any atom is -0.455 e. The summed E-state index contributed by atoms with van der Waals surface area (Å²) in [6, 6.07) is 50.3. The number of aromatic nitrogens is 3. The van der Waals surface area contributed by atoms with Gasteiger partial charge in [-0.3, -0.25) is 4.57 Å². The zero-order valence-electron chi connectivity index (χ0n) is 24.0. The van der Waals surface area contributed by atoms with Crippen LogP contribution in [0.25, 0.3) is 83.3 Å². The smallest absolute Gasteiger partial charge is 0.147 e. The Kier molecular flexibility index (Phi) is 5.93. The lowest BCUT2D eigenvalue weighted by molar-refractivity contribution is 0.672. The van der Waals surface area contributed by atoms with Crippen molar-refractivity contribution >= 4 is 59.8 Å². The summed E-state index contributed by atoms with van der Waals surface area (Å²) in [5, 5.41) is 3.11. The van der Waals surface area contributed by atoms with Crippen LogP contribution in [0.5, 0.6) is 0 Å².